The van der Waals surface area contributed by atoms with Gasteiger partial charge in [0, 0.05) is 39.3 Å². The van der Waals surface area contributed by atoms with E-state index in [-0.39, 0.29) is 11.6 Å². The van der Waals surface area contributed by atoms with Crippen LogP contribution in [0.2, 0.25) is 0 Å². The number of amides is 1. The molecule has 1 amide bonds. The van der Waals surface area contributed by atoms with Gasteiger partial charge < -0.3 is 15.0 Å². The SMILES string of the molecule is CC(C)(C)OC(=O)N1CCC2(CNCCN2Cc2ccccc2)C1. The third kappa shape index (κ3) is 3.90. The Labute approximate surface area is 145 Å². The summed E-state index contributed by atoms with van der Waals surface area (Å²) in [7, 11) is 0. The lowest BCUT2D eigenvalue weighted by Gasteiger charge is -2.45. The molecule has 3 rings (SSSR count). The van der Waals surface area contributed by atoms with Gasteiger partial charge in [0.2, 0.25) is 0 Å². The maximum Gasteiger partial charge on any atom is 0.410 e. The van der Waals surface area contributed by atoms with E-state index < -0.39 is 5.60 Å². The lowest BCUT2D eigenvalue weighted by Crippen LogP contribution is -2.62. The summed E-state index contributed by atoms with van der Waals surface area (Å²) in [6.45, 7) is 11.1. The molecule has 24 heavy (non-hydrogen) atoms. The smallest absolute Gasteiger partial charge is 0.410 e. The van der Waals surface area contributed by atoms with Crippen LogP contribution in [-0.4, -0.2) is 59.8 Å². The Bertz CT molecular complexity index is 570. The minimum Gasteiger partial charge on any atom is -0.444 e. The van der Waals surface area contributed by atoms with E-state index in [1.54, 1.807) is 0 Å². The number of likely N-dealkylation sites (tertiary alicyclic amines) is 1. The molecule has 2 aliphatic rings. The molecular formula is C19H29N3O2. The Morgan fingerprint density at radius 1 is 1.25 bits per heavy atom. The van der Waals surface area contributed by atoms with Crippen LogP contribution in [0.25, 0.3) is 0 Å². The van der Waals surface area contributed by atoms with Gasteiger partial charge >= 0.3 is 6.09 Å². The maximum atomic E-state index is 12.4. The van der Waals surface area contributed by atoms with Crippen LogP contribution < -0.4 is 5.32 Å². The van der Waals surface area contributed by atoms with E-state index in [9.17, 15) is 4.79 Å². The molecule has 5 heteroatoms. The Balaban J connectivity index is 1.69. The molecule has 2 fully saturated rings. The molecule has 1 aromatic carbocycles. The van der Waals surface area contributed by atoms with Crippen molar-refractivity contribution in [2.45, 2.75) is 44.9 Å². The minimum atomic E-state index is -0.443. The normalized spacial score (nSPS) is 25.2. The van der Waals surface area contributed by atoms with Crippen LogP contribution in [-0.2, 0) is 11.3 Å². The topological polar surface area (TPSA) is 44.8 Å². The molecule has 1 N–H and O–H groups in total. The van der Waals surface area contributed by atoms with Gasteiger partial charge in [-0.2, -0.15) is 0 Å². The van der Waals surface area contributed by atoms with Gasteiger partial charge in [0.25, 0.3) is 0 Å². The molecule has 0 bridgehead atoms. The highest BCUT2D eigenvalue weighted by Gasteiger charge is 2.46. The number of carbonyl (C=O) groups excluding carboxylic acids is 1. The monoisotopic (exact) mass is 331 g/mol. The fourth-order valence-electron chi connectivity index (χ4n) is 3.68. The van der Waals surface area contributed by atoms with Crippen molar-refractivity contribution in [3.8, 4) is 0 Å². The summed E-state index contributed by atoms with van der Waals surface area (Å²) in [5.41, 5.74) is 0.904. The van der Waals surface area contributed by atoms with E-state index in [0.29, 0.717) is 0 Å². The molecule has 1 atom stereocenters. The third-order valence-electron chi connectivity index (χ3n) is 4.88. The average molecular weight is 331 g/mol. The van der Waals surface area contributed by atoms with Crippen LogP contribution >= 0.6 is 0 Å². The molecule has 1 aromatic rings. The Hall–Kier alpha value is -1.59. The molecule has 2 aliphatic heterocycles. The summed E-state index contributed by atoms with van der Waals surface area (Å²) in [6, 6.07) is 10.6. The molecule has 0 aromatic heterocycles. The van der Waals surface area contributed by atoms with Gasteiger partial charge in [-0.25, -0.2) is 4.79 Å². The summed E-state index contributed by atoms with van der Waals surface area (Å²) in [6.07, 6.45) is 0.802. The van der Waals surface area contributed by atoms with E-state index in [0.717, 1.165) is 45.7 Å². The predicted molar refractivity (Wildman–Crippen MR) is 94.9 cm³/mol. The van der Waals surface area contributed by atoms with Crippen molar-refractivity contribution in [1.29, 1.82) is 0 Å². The van der Waals surface area contributed by atoms with E-state index in [1.807, 2.05) is 25.7 Å². The molecule has 2 saturated heterocycles. The molecular weight excluding hydrogens is 302 g/mol. The fourth-order valence-corrected chi connectivity index (χ4v) is 3.68. The number of rotatable bonds is 2. The number of hydrogen-bond acceptors (Lipinski definition) is 4. The minimum absolute atomic E-state index is 0.0188. The second kappa shape index (κ2) is 6.73. The zero-order valence-electron chi connectivity index (χ0n) is 15.0. The zero-order chi connectivity index (χ0) is 17.2. The molecule has 1 unspecified atom stereocenters. The first-order valence-corrected chi connectivity index (χ1v) is 8.86. The van der Waals surface area contributed by atoms with Gasteiger partial charge in [0.05, 0.1) is 5.54 Å². The van der Waals surface area contributed by atoms with Crippen molar-refractivity contribution < 1.29 is 9.53 Å². The maximum absolute atomic E-state index is 12.4. The van der Waals surface area contributed by atoms with Crippen molar-refractivity contribution >= 4 is 6.09 Å². The summed E-state index contributed by atoms with van der Waals surface area (Å²) >= 11 is 0. The standard InChI is InChI=1S/C19H29N3O2/c1-18(2,3)24-17(23)21-11-9-19(15-21)14-20-10-12-22(19)13-16-7-5-4-6-8-16/h4-8,20H,9-15H2,1-3H3. The van der Waals surface area contributed by atoms with Crippen molar-refractivity contribution in [3.05, 3.63) is 35.9 Å². The first kappa shape index (κ1) is 17.2. The quantitative estimate of drug-likeness (QED) is 0.904. The van der Waals surface area contributed by atoms with E-state index in [4.69, 9.17) is 4.74 Å². The van der Waals surface area contributed by atoms with Crippen LogP contribution in [0.3, 0.4) is 0 Å². The fraction of sp³-hybridized carbons (Fsp3) is 0.632. The van der Waals surface area contributed by atoms with Crippen molar-refractivity contribution in [3.63, 3.8) is 0 Å². The molecule has 2 heterocycles. The molecule has 5 nitrogen and oxygen atoms in total. The Kier molecular flexibility index (Phi) is 4.83. The number of hydrogen-bond donors (Lipinski definition) is 1. The molecule has 0 saturated carbocycles. The highest BCUT2D eigenvalue weighted by molar-refractivity contribution is 5.68. The van der Waals surface area contributed by atoms with Crippen LogP contribution in [0.5, 0.6) is 0 Å². The highest BCUT2D eigenvalue weighted by atomic mass is 16.6. The molecule has 0 radical (unpaired) electrons. The second-order valence-electron chi connectivity index (χ2n) is 7.96. The summed E-state index contributed by atoms with van der Waals surface area (Å²) in [5.74, 6) is 0. The van der Waals surface area contributed by atoms with E-state index >= 15 is 0 Å². The van der Waals surface area contributed by atoms with Crippen LogP contribution in [0.4, 0.5) is 4.79 Å². The zero-order valence-corrected chi connectivity index (χ0v) is 15.0. The van der Waals surface area contributed by atoms with Crippen LogP contribution in [0.1, 0.15) is 32.8 Å². The number of nitrogens with zero attached hydrogens (tertiary/aromatic N) is 2. The van der Waals surface area contributed by atoms with Gasteiger partial charge in [-0.1, -0.05) is 30.3 Å². The number of piperazine rings is 1. The largest absolute Gasteiger partial charge is 0.444 e. The van der Waals surface area contributed by atoms with Crippen LogP contribution in [0.15, 0.2) is 30.3 Å². The first-order valence-electron chi connectivity index (χ1n) is 8.86. The van der Waals surface area contributed by atoms with Crippen molar-refractivity contribution in [2.24, 2.45) is 0 Å². The lowest BCUT2D eigenvalue weighted by molar-refractivity contribution is 0.0196. The van der Waals surface area contributed by atoms with Gasteiger partial charge in [0.15, 0.2) is 0 Å². The van der Waals surface area contributed by atoms with Gasteiger partial charge in [0.1, 0.15) is 5.60 Å². The molecule has 1 spiro atoms. The third-order valence-corrected chi connectivity index (χ3v) is 4.88. The van der Waals surface area contributed by atoms with E-state index in [1.165, 1.54) is 5.56 Å². The summed E-state index contributed by atoms with van der Waals surface area (Å²) < 4.78 is 5.56. The molecule has 0 aliphatic carbocycles. The van der Waals surface area contributed by atoms with Gasteiger partial charge in [-0.05, 0) is 32.8 Å². The van der Waals surface area contributed by atoms with E-state index in [2.05, 4.69) is 40.5 Å². The number of nitrogens with one attached hydrogen (secondary N) is 1. The average Bonchev–Trinajstić information content (AvgIpc) is 2.94. The van der Waals surface area contributed by atoms with Crippen molar-refractivity contribution in [2.75, 3.05) is 32.7 Å². The Morgan fingerprint density at radius 3 is 2.71 bits per heavy atom. The van der Waals surface area contributed by atoms with Crippen molar-refractivity contribution in [1.82, 2.24) is 15.1 Å². The lowest BCUT2D eigenvalue weighted by atomic mass is 9.93. The first-order chi connectivity index (χ1) is 11.4. The predicted octanol–water partition coefficient (Wildman–Crippen LogP) is 2.47. The second-order valence-corrected chi connectivity index (χ2v) is 7.96. The summed E-state index contributed by atoms with van der Waals surface area (Å²) in [4.78, 5) is 16.8. The van der Waals surface area contributed by atoms with Gasteiger partial charge in [-0.3, -0.25) is 4.90 Å². The Morgan fingerprint density at radius 2 is 2.00 bits per heavy atom. The number of benzene rings is 1. The number of ether oxygens (including phenoxy) is 1. The van der Waals surface area contributed by atoms with Crippen LogP contribution in [0, 0.1) is 0 Å². The highest BCUT2D eigenvalue weighted by Crippen LogP contribution is 2.31. The van der Waals surface area contributed by atoms with Gasteiger partial charge in [-0.15, -0.1) is 0 Å². The summed E-state index contributed by atoms with van der Waals surface area (Å²) in [5, 5.41) is 3.52. The number of carbonyl (C=O) groups is 1. The molecule has 132 valence electrons.